The Labute approximate surface area is 102 Å². The number of hydrogen-bond donors (Lipinski definition) is 2. The maximum atomic E-state index is 5.45. The summed E-state index contributed by atoms with van der Waals surface area (Å²) in [5.41, 5.74) is 5.45. The normalized spacial score (nSPS) is 20.4. The molecule has 1 fully saturated rings. The van der Waals surface area contributed by atoms with Crippen LogP contribution in [0.4, 0.5) is 11.8 Å². The topological polar surface area (TPSA) is 67.1 Å². The molecule has 1 aliphatic heterocycles. The second kappa shape index (κ2) is 5.82. The SMILES string of the molecule is C[C@H]1CCCCN1c1ccnc(NCCN)n1. The van der Waals surface area contributed by atoms with Crippen LogP contribution in [-0.4, -0.2) is 35.6 Å². The molecule has 1 saturated heterocycles. The molecule has 1 aromatic heterocycles. The number of nitrogens with two attached hydrogens (primary N) is 1. The van der Waals surface area contributed by atoms with E-state index in [-0.39, 0.29) is 0 Å². The van der Waals surface area contributed by atoms with E-state index in [1.165, 1.54) is 19.3 Å². The lowest BCUT2D eigenvalue weighted by molar-refractivity contribution is 0.481. The van der Waals surface area contributed by atoms with Crippen molar-refractivity contribution in [1.29, 1.82) is 0 Å². The minimum atomic E-state index is 0.570. The first-order chi connectivity index (χ1) is 8.31. The number of rotatable bonds is 4. The van der Waals surface area contributed by atoms with Crippen molar-refractivity contribution in [2.45, 2.75) is 32.2 Å². The van der Waals surface area contributed by atoms with Crippen LogP contribution < -0.4 is 16.0 Å². The summed E-state index contributed by atoms with van der Waals surface area (Å²) in [5, 5.41) is 3.11. The number of aromatic nitrogens is 2. The summed E-state index contributed by atoms with van der Waals surface area (Å²) in [6.07, 6.45) is 5.62. The predicted molar refractivity (Wildman–Crippen MR) is 70.2 cm³/mol. The molecular formula is C12H21N5. The van der Waals surface area contributed by atoms with E-state index in [1.807, 2.05) is 12.3 Å². The summed E-state index contributed by atoms with van der Waals surface area (Å²) in [6.45, 7) is 4.65. The Kier molecular flexibility index (Phi) is 4.14. The first-order valence-corrected chi connectivity index (χ1v) is 6.35. The molecule has 5 heteroatoms. The Morgan fingerprint density at radius 2 is 2.41 bits per heavy atom. The van der Waals surface area contributed by atoms with Crippen LogP contribution in [0, 0.1) is 0 Å². The Hall–Kier alpha value is -1.36. The number of nitrogens with zero attached hydrogens (tertiary/aromatic N) is 3. The summed E-state index contributed by atoms with van der Waals surface area (Å²) in [6, 6.07) is 2.55. The lowest BCUT2D eigenvalue weighted by Gasteiger charge is -2.34. The highest BCUT2D eigenvalue weighted by atomic mass is 15.2. The number of anilines is 2. The maximum absolute atomic E-state index is 5.45. The third-order valence-electron chi connectivity index (χ3n) is 3.17. The lowest BCUT2D eigenvalue weighted by atomic mass is 10.0. The molecule has 2 rings (SSSR count). The number of nitrogens with one attached hydrogen (secondary N) is 1. The van der Waals surface area contributed by atoms with Gasteiger partial charge in [-0.1, -0.05) is 0 Å². The summed E-state index contributed by atoms with van der Waals surface area (Å²) in [4.78, 5) is 11.1. The molecule has 3 N–H and O–H groups in total. The first kappa shape index (κ1) is 12.1. The van der Waals surface area contributed by atoms with Gasteiger partial charge in [-0.15, -0.1) is 0 Å². The van der Waals surface area contributed by atoms with E-state index < -0.39 is 0 Å². The van der Waals surface area contributed by atoms with Gasteiger partial charge in [0.15, 0.2) is 0 Å². The second-order valence-corrected chi connectivity index (χ2v) is 4.49. The van der Waals surface area contributed by atoms with Gasteiger partial charge in [-0.05, 0) is 32.3 Å². The highest BCUT2D eigenvalue weighted by Crippen LogP contribution is 2.22. The Morgan fingerprint density at radius 3 is 3.18 bits per heavy atom. The van der Waals surface area contributed by atoms with Crippen LogP contribution in [0.3, 0.4) is 0 Å². The van der Waals surface area contributed by atoms with E-state index in [0.29, 0.717) is 25.1 Å². The smallest absolute Gasteiger partial charge is 0.224 e. The maximum Gasteiger partial charge on any atom is 0.224 e. The molecule has 0 radical (unpaired) electrons. The van der Waals surface area contributed by atoms with E-state index in [2.05, 4.69) is 27.1 Å². The monoisotopic (exact) mass is 235 g/mol. The first-order valence-electron chi connectivity index (χ1n) is 6.35. The molecule has 1 atom stereocenters. The van der Waals surface area contributed by atoms with E-state index >= 15 is 0 Å². The van der Waals surface area contributed by atoms with Crippen LogP contribution >= 0.6 is 0 Å². The van der Waals surface area contributed by atoms with Crippen molar-refractivity contribution in [3.8, 4) is 0 Å². The highest BCUT2D eigenvalue weighted by molar-refractivity contribution is 5.43. The fourth-order valence-electron chi connectivity index (χ4n) is 2.22. The Morgan fingerprint density at radius 1 is 1.53 bits per heavy atom. The third kappa shape index (κ3) is 3.06. The average Bonchev–Trinajstić information content (AvgIpc) is 2.37. The van der Waals surface area contributed by atoms with Crippen molar-refractivity contribution in [2.24, 2.45) is 5.73 Å². The zero-order chi connectivity index (χ0) is 12.1. The van der Waals surface area contributed by atoms with Crippen molar-refractivity contribution in [2.75, 3.05) is 29.9 Å². The van der Waals surface area contributed by atoms with Gasteiger partial charge < -0.3 is 16.0 Å². The van der Waals surface area contributed by atoms with Gasteiger partial charge in [0.2, 0.25) is 5.95 Å². The predicted octanol–water partition coefficient (Wildman–Crippen LogP) is 1.23. The van der Waals surface area contributed by atoms with E-state index in [0.717, 1.165) is 12.4 Å². The Balaban J connectivity index is 2.08. The van der Waals surface area contributed by atoms with Gasteiger partial charge in [-0.3, -0.25) is 0 Å². The molecule has 1 aliphatic rings. The summed E-state index contributed by atoms with van der Waals surface area (Å²) in [7, 11) is 0. The van der Waals surface area contributed by atoms with Crippen LogP contribution in [0.2, 0.25) is 0 Å². The van der Waals surface area contributed by atoms with Crippen molar-refractivity contribution in [3.63, 3.8) is 0 Å². The van der Waals surface area contributed by atoms with Gasteiger partial charge in [0.05, 0.1) is 0 Å². The zero-order valence-corrected chi connectivity index (χ0v) is 10.4. The fraction of sp³-hybridized carbons (Fsp3) is 0.667. The molecule has 5 nitrogen and oxygen atoms in total. The standard InChI is InChI=1S/C12H21N5/c1-10-4-2-3-9-17(10)11-5-7-14-12(16-11)15-8-6-13/h5,7,10H,2-4,6,8-9,13H2,1H3,(H,14,15,16)/t10-/m0/s1. The van der Waals surface area contributed by atoms with Gasteiger partial charge in [-0.2, -0.15) is 4.98 Å². The molecule has 0 bridgehead atoms. The zero-order valence-electron chi connectivity index (χ0n) is 10.4. The van der Waals surface area contributed by atoms with Crippen molar-refractivity contribution in [3.05, 3.63) is 12.3 Å². The number of hydrogen-bond acceptors (Lipinski definition) is 5. The van der Waals surface area contributed by atoms with Crippen LogP contribution in [0.25, 0.3) is 0 Å². The molecule has 0 spiro atoms. The average molecular weight is 235 g/mol. The molecule has 0 unspecified atom stereocenters. The van der Waals surface area contributed by atoms with Gasteiger partial charge in [0, 0.05) is 31.9 Å². The van der Waals surface area contributed by atoms with Gasteiger partial charge in [0.25, 0.3) is 0 Å². The van der Waals surface area contributed by atoms with Gasteiger partial charge in [0.1, 0.15) is 5.82 Å². The summed E-state index contributed by atoms with van der Waals surface area (Å²) in [5.74, 6) is 1.69. The third-order valence-corrected chi connectivity index (χ3v) is 3.17. The van der Waals surface area contributed by atoms with E-state index in [1.54, 1.807) is 0 Å². The molecule has 1 aromatic rings. The van der Waals surface area contributed by atoms with E-state index in [9.17, 15) is 0 Å². The lowest BCUT2D eigenvalue weighted by Crippen LogP contribution is -2.38. The highest BCUT2D eigenvalue weighted by Gasteiger charge is 2.19. The molecule has 0 aliphatic carbocycles. The molecule has 0 saturated carbocycles. The largest absolute Gasteiger partial charge is 0.354 e. The molecule has 0 aromatic carbocycles. The molecular weight excluding hydrogens is 214 g/mol. The molecule has 2 heterocycles. The summed E-state index contributed by atoms with van der Waals surface area (Å²) < 4.78 is 0. The molecule has 17 heavy (non-hydrogen) atoms. The summed E-state index contributed by atoms with van der Waals surface area (Å²) >= 11 is 0. The van der Waals surface area contributed by atoms with Crippen LogP contribution in [0.5, 0.6) is 0 Å². The second-order valence-electron chi connectivity index (χ2n) is 4.49. The van der Waals surface area contributed by atoms with Crippen LogP contribution in [-0.2, 0) is 0 Å². The van der Waals surface area contributed by atoms with E-state index in [4.69, 9.17) is 5.73 Å². The fourth-order valence-corrected chi connectivity index (χ4v) is 2.22. The van der Waals surface area contributed by atoms with Crippen molar-refractivity contribution < 1.29 is 0 Å². The van der Waals surface area contributed by atoms with Gasteiger partial charge >= 0.3 is 0 Å². The molecule has 94 valence electrons. The van der Waals surface area contributed by atoms with Crippen LogP contribution in [0.15, 0.2) is 12.3 Å². The number of piperidine rings is 1. The Bertz CT molecular complexity index is 355. The minimum absolute atomic E-state index is 0.570. The van der Waals surface area contributed by atoms with Crippen molar-refractivity contribution >= 4 is 11.8 Å². The quantitative estimate of drug-likeness (QED) is 0.821. The minimum Gasteiger partial charge on any atom is -0.354 e. The van der Waals surface area contributed by atoms with Crippen LogP contribution in [0.1, 0.15) is 26.2 Å². The van der Waals surface area contributed by atoms with Gasteiger partial charge in [-0.25, -0.2) is 4.98 Å². The van der Waals surface area contributed by atoms with Crippen molar-refractivity contribution in [1.82, 2.24) is 9.97 Å². The molecule has 0 amide bonds.